The van der Waals surface area contributed by atoms with E-state index in [-0.39, 0.29) is 0 Å². The Labute approximate surface area is 108 Å². The highest BCUT2D eigenvalue weighted by molar-refractivity contribution is 7.13. The first-order chi connectivity index (χ1) is 8.83. The summed E-state index contributed by atoms with van der Waals surface area (Å²) >= 11 is 1.42. The normalized spacial score (nSPS) is 10.4. The second kappa shape index (κ2) is 4.54. The number of pyridine rings is 2. The minimum atomic E-state index is 0.558. The number of nitrogens with zero attached hydrogens (tertiary/aromatic N) is 3. The van der Waals surface area contributed by atoms with Crippen molar-refractivity contribution in [3.63, 3.8) is 0 Å². The Bertz CT molecular complexity index is 646. The minimum absolute atomic E-state index is 0.558. The van der Waals surface area contributed by atoms with Crippen LogP contribution in [0.4, 0.5) is 5.13 Å². The van der Waals surface area contributed by atoms with Gasteiger partial charge in [-0.25, -0.2) is 4.98 Å². The molecule has 0 aliphatic heterocycles. The maximum atomic E-state index is 5.61. The molecule has 0 aliphatic carbocycles. The zero-order valence-corrected chi connectivity index (χ0v) is 10.3. The molecule has 4 nitrogen and oxygen atoms in total. The first kappa shape index (κ1) is 10.9. The molecule has 3 rings (SSSR count). The van der Waals surface area contributed by atoms with Gasteiger partial charge in [0.25, 0.3) is 0 Å². The number of hydrogen-bond acceptors (Lipinski definition) is 5. The summed E-state index contributed by atoms with van der Waals surface area (Å²) in [5, 5.41) is 2.46. The third kappa shape index (κ3) is 2.08. The lowest BCUT2D eigenvalue weighted by Gasteiger charge is -2.01. The average Bonchev–Trinajstić information content (AvgIpc) is 2.87. The van der Waals surface area contributed by atoms with Crippen molar-refractivity contribution in [2.75, 3.05) is 5.73 Å². The molecule has 3 aromatic rings. The first-order valence-electron chi connectivity index (χ1n) is 5.41. The van der Waals surface area contributed by atoms with Gasteiger partial charge in [-0.2, -0.15) is 0 Å². The SMILES string of the molecule is Nc1nc(-c2ccc(-c3cccnc3)cn2)cs1. The summed E-state index contributed by atoms with van der Waals surface area (Å²) in [4.78, 5) is 12.7. The Morgan fingerprint density at radius 1 is 1.00 bits per heavy atom. The van der Waals surface area contributed by atoms with E-state index in [0.717, 1.165) is 22.5 Å². The molecule has 0 spiro atoms. The van der Waals surface area contributed by atoms with Crippen LogP contribution in [0.1, 0.15) is 0 Å². The largest absolute Gasteiger partial charge is 0.375 e. The number of aromatic nitrogens is 3. The summed E-state index contributed by atoms with van der Waals surface area (Å²) in [5.41, 5.74) is 9.34. The molecule has 0 aromatic carbocycles. The smallest absolute Gasteiger partial charge is 0.180 e. The fraction of sp³-hybridized carbons (Fsp3) is 0. The van der Waals surface area contributed by atoms with Gasteiger partial charge in [0.2, 0.25) is 0 Å². The molecule has 2 N–H and O–H groups in total. The van der Waals surface area contributed by atoms with Gasteiger partial charge in [-0.15, -0.1) is 11.3 Å². The number of hydrogen-bond donors (Lipinski definition) is 1. The number of anilines is 1. The Kier molecular flexibility index (Phi) is 2.74. The van der Waals surface area contributed by atoms with E-state index in [0.29, 0.717) is 5.13 Å². The molecule has 0 saturated carbocycles. The van der Waals surface area contributed by atoms with Crippen molar-refractivity contribution in [1.29, 1.82) is 0 Å². The number of thiazole rings is 1. The second-order valence-electron chi connectivity index (χ2n) is 3.74. The molecule has 0 saturated heterocycles. The summed E-state index contributed by atoms with van der Waals surface area (Å²) in [6.45, 7) is 0. The zero-order valence-electron chi connectivity index (χ0n) is 9.45. The summed E-state index contributed by atoms with van der Waals surface area (Å²) in [5.74, 6) is 0. The van der Waals surface area contributed by atoms with Crippen molar-refractivity contribution in [2.45, 2.75) is 0 Å². The standard InChI is InChI=1S/C13H10N4S/c14-13-17-12(8-18-13)11-4-3-10(7-16-11)9-2-1-5-15-6-9/h1-8H,(H2,14,17). The van der Waals surface area contributed by atoms with Gasteiger partial charge in [0.15, 0.2) is 5.13 Å². The van der Waals surface area contributed by atoms with Crippen LogP contribution >= 0.6 is 11.3 Å². The number of rotatable bonds is 2. The van der Waals surface area contributed by atoms with Gasteiger partial charge < -0.3 is 5.73 Å². The molecule has 18 heavy (non-hydrogen) atoms. The van der Waals surface area contributed by atoms with Gasteiger partial charge in [0, 0.05) is 35.1 Å². The van der Waals surface area contributed by atoms with Crippen molar-refractivity contribution in [2.24, 2.45) is 0 Å². The third-order valence-corrected chi connectivity index (χ3v) is 3.22. The topological polar surface area (TPSA) is 64.7 Å². The fourth-order valence-electron chi connectivity index (χ4n) is 1.65. The van der Waals surface area contributed by atoms with Gasteiger partial charge in [0.05, 0.1) is 5.69 Å². The molecule has 3 heterocycles. The predicted molar refractivity (Wildman–Crippen MR) is 73.0 cm³/mol. The molecule has 0 atom stereocenters. The van der Waals surface area contributed by atoms with Crippen LogP contribution in [0.5, 0.6) is 0 Å². The van der Waals surface area contributed by atoms with Crippen LogP contribution in [0.15, 0.2) is 48.2 Å². The van der Waals surface area contributed by atoms with Gasteiger partial charge >= 0.3 is 0 Å². The van der Waals surface area contributed by atoms with Crippen molar-refractivity contribution < 1.29 is 0 Å². The number of nitrogens with two attached hydrogens (primary N) is 1. The summed E-state index contributed by atoms with van der Waals surface area (Å²) in [7, 11) is 0. The van der Waals surface area contributed by atoms with Gasteiger partial charge in [-0.1, -0.05) is 12.1 Å². The van der Waals surface area contributed by atoms with Crippen molar-refractivity contribution in [3.8, 4) is 22.5 Å². The molecule has 0 fully saturated rings. The molecule has 3 aromatic heterocycles. The Balaban J connectivity index is 1.94. The molecule has 0 amide bonds. The lowest BCUT2D eigenvalue weighted by atomic mass is 10.1. The van der Waals surface area contributed by atoms with Crippen LogP contribution in [0.3, 0.4) is 0 Å². The van der Waals surface area contributed by atoms with Crippen LogP contribution in [-0.2, 0) is 0 Å². The van der Waals surface area contributed by atoms with Gasteiger partial charge in [0.1, 0.15) is 5.69 Å². The van der Waals surface area contributed by atoms with Crippen molar-refractivity contribution >= 4 is 16.5 Å². The molecule has 5 heteroatoms. The molecule has 0 bridgehead atoms. The van der Waals surface area contributed by atoms with Gasteiger partial charge in [-0.3, -0.25) is 9.97 Å². The van der Waals surface area contributed by atoms with Crippen LogP contribution in [-0.4, -0.2) is 15.0 Å². The molecular formula is C13H10N4S. The third-order valence-electron chi connectivity index (χ3n) is 2.54. The molecule has 0 radical (unpaired) electrons. The zero-order chi connectivity index (χ0) is 12.4. The first-order valence-corrected chi connectivity index (χ1v) is 6.29. The van der Waals surface area contributed by atoms with E-state index >= 15 is 0 Å². The minimum Gasteiger partial charge on any atom is -0.375 e. The summed E-state index contributed by atoms with van der Waals surface area (Å²) in [6.07, 6.45) is 5.39. The van der Waals surface area contributed by atoms with Crippen molar-refractivity contribution in [1.82, 2.24) is 15.0 Å². The molecular weight excluding hydrogens is 244 g/mol. The van der Waals surface area contributed by atoms with Crippen molar-refractivity contribution in [3.05, 3.63) is 48.2 Å². The van der Waals surface area contributed by atoms with E-state index < -0.39 is 0 Å². The highest BCUT2D eigenvalue weighted by Crippen LogP contribution is 2.23. The molecule has 88 valence electrons. The van der Waals surface area contributed by atoms with E-state index in [2.05, 4.69) is 15.0 Å². The van der Waals surface area contributed by atoms with E-state index in [1.165, 1.54) is 11.3 Å². The molecule has 0 aliphatic rings. The fourth-order valence-corrected chi connectivity index (χ4v) is 2.21. The predicted octanol–water partition coefficient (Wildman–Crippen LogP) is 2.85. The Morgan fingerprint density at radius 3 is 2.50 bits per heavy atom. The Hall–Kier alpha value is -2.27. The van der Waals surface area contributed by atoms with Gasteiger partial charge in [-0.05, 0) is 12.1 Å². The molecule has 0 unspecified atom stereocenters. The monoisotopic (exact) mass is 254 g/mol. The van der Waals surface area contributed by atoms with Crippen LogP contribution in [0.25, 0.3) is 22.5 Å². The summed E-state index contributed by atoms with van der Waals surface area (Å²) < 4.78 is 0. The van der Waals surface area contributed by atoms with E-state index in [1.807, 2.05) is 42.0 Å². The van der Waals surface area contributed by atoms with Crippen LogP contribution in [0, 0.1) is 0 Å². The van der Waals surface area contributed by atoms with E-state index in [1.54, 1.807) is 6.20 Å². The maximum Gasteiger partial charge on any atom is 0.180 e. The highest BCUT2D eigenvalue weighted by Gasteiger charge is 2.04. The lowest BCUT2D eigenvalue weighted by molar-refractivity contribution is 1.27. The maximum absolute atomic E-state index is 5.61. The highest BCUT2D eigenvalue weighted by atomic mass is 32.1. The summed E-state index contributed by atoms with van der Waals surface area (Å²) in [6, 6.07) is 7.86. The van der Waals surface area contributed by atoms with Crippen LogP contribution < -0.4 is 5.73 Å². The van der Waals surface area contributed by atoms with E-state index in [4.69, 9.17) is 5.73 Å². The van der Waals surface area contributed by atoms with E-state index in [9.17, 15) is 0 Å². The Morgan fingerprint density at radius 2 is 1.89 bits per heavy atom. The van der Waals surface area contributed by atoms with Crippen LogP contribution in [0.2, 0.25) is 0 Å². The number of nitrogen functional groups attached to an aromatic ring is 1. The second-order valence-corrected chi connectivity index (χ2v) is 4.63. The quantitative estimate of drug-likeness (QED) is 0.763. The average molecular weight is 254 g/mol. The lowest BCUT2D eigenvalue weighted by Crippen LogP contribution is -1.87.